The number of hydrogen-bond acceptors (Lipinski definition) is 6. The van der Waals surface area contributed by atoms with Crippen molar-refractivity contribution in [3.63, 3.8) is 0 Å². The molecule has 0 amide bonds. The zero-order chi connectivity index (χ0) is 25.4. The number of benzene rings is 1. The summed E-state index contributed by atoms with van der Waals surface area (Å²) in [6, 6.07) is 6.34. The van der Waals surface area contributed by atoms with Crippen LogP contribution in [0.4, 0.5) is 26.3 Å². The van der Waals surface area contributed by atoms with Gasteiger partial charge in [0.1, 0.15) is 10.7 Å². The van der Waals surface area contributed by atoms with Gasteiger partial charge in [0.15, 0.2) is 5.01 Å². The highest BCUT2D eigenvalue weighted by Gasteiger charge is 2.40. The standard InChI is InChI=1S/C23H19F6N5S/c1-14(17-8-7-16(22(24,25)26)11-18(17)23(27,28)29)34-13-15(12-33(34)2)6-9-20-31-32-21(35-20)19-5-3-4-10-30-19/h3-11,13-14H,12H2,1-2H3/b9-6-. The molecule has 2 aromatic heterocycles. The smallest absolute Gasteiger partial charge is 0.305 e. The molecule has 1 aromatic carbocycles. The first-order valence-electron chi connectivity index (χ1n) is 10.3. The Labute approximate surface area is 201 Å². The average Bonchev–Trinajstić information content (AvgIpc) is 3.43. The van der Waals surface area contributed by atoms with E-state index in [9.17, 15) is 26.3 Å². The van der Waals surface area contributed by atoms with Crippen LogP contribution >= 0.6 is 11.3 Å². The van der Waals surface area contributed by atoms with E-state index >= 15 is 0 Å². The van der Waals surface area contributed by atoms with Gasteiger partial charge >= 0.3 is 12.4 Å². The molecule has 3 heterocycles. The second-order valence-electron chi connectivity index (χ2n) is 7.87. The van der Waals surface area contributed by atoms with Crippen molar-refractivity contribution in [2.45, 2.75) is 25.3 Å². The van der Waals surface area contributed by atoms with E-state index in [0.717, 1.165) is 11.6 Å². The molecule has 35 heavy (non-hydrogen) atoms. The number of likely N-dealkylation sites (N-methyl/N-ethyl adjacent to an activating group) is 1. The summed E-state index contributed by atoms with van der Waals surface area (Å²) in [7, 11) is 1.69. The SMILES string of the molecule is CC(c1ccc(C(F)(F)F)cc1C(F)(F)F)N1C=C(/C=C\c2nnc(-c3ccccn3)s2)CN1C. The van der Waals surface area contributed by atoms with Crippen LogP contribution in [-0.4, -0.2) is 38.8 Å². The Morgan fingerprint density at radius 2 is 1.77 bits per heavy atom. The van der Waals surface area contributed by atoms with E-state index in [-0.39, 0.29) is 11.6 Å². The predicted octanol–water partition coefficient (Wildman–Crippen LogP) is 6.46. The van der Waals surface area contributed by atoms with E-state index in [1.165, 1.54) is 18.3 Å². The first-order valence-corrected chi connectivity index (χ1v) is 11.2. The monoisotopic (exact) mass is 511 g/mol. The summed E-state index contributed by atoms with van der Waals surface area (Å²) < 4.78 is 79.9. The molecule has 12 heteroatoms. The van der Waals surface area contributed by atoms with Crippen LogP contribution in [0.2, 0.25) is 0 Å². The molecule has 4 rings (SSSR count). The van der Waals surface area contributed by atoms with Gasteiger partial charge in [0.05, 0.1) is 17.2 Å². The first-order chi connectivity index (χ1) is 16.4. The molecular formula is C23H19F6N5S. The number of halogens is 6. The van der Waals surface area contributed by atoms with Gasteiger partial charge in [0, 0.05) is 26.0 Å². The van der Waals surface area contributed by atoms with Crippen LogP contribution in [0.5, 0.6) is 0 Å². The van der Waals surface area contributed by atoms with Gasteiger partial charge in [-0.25, -0.2) is 5.01 Å². The Morgan fingerprint density at radius 1 is 1.00 bits per heavy atom. The van der Waals surface area contributed by atoms with Crippen LogP contribution in [0.1, 0.15) is 34.7 Å². The first kappa shape index (κ1) is 24.9. The summed E-state index contributed by atoms with van der Waals surface area (Å²) in [5.74, 6) is 0. The Bertz CT molecular complexity index is 1250. The maximum Gasteiger partial charge on any atom is 0.416 e. The largest absolute Gasteiger partial charge is 0.416 e. The molecule has 184 valence electrons. The summed E-state index contributed by atoms with van der Waals surface area (Å²) in [6.07, 6.45) is -2.95. The zero-order valence-corrected chi connectivity index (χ0v) is 19.3. The fraction of sp³-hybridized carbons (Fsp3) is 0.261. The molecule has 0 spiro atoms. The molecule has 3 aromatic rings. The zero-order valence-electron chi connectivity index (χ0n) is 18.5. The van der Waals surface area contributed by atoms with E-state index in [0.29, 0.717) is 28.3 Å². The number of hydrazine groups is 1. The third-order valence-corrected chi connectivity index (χ3v) is 6.31. The van der Waals surface area contributed by atoms with Crippen LogP contribution < -0.4 is 0 Å². The Kier molecular flexibility index (Phi) is 6.69. The van der Waals surface area contributed by atoms with Crippen molar-refractivity contribution >= 4 is 17.4 Å². The van der Waals surface area contributed by atoms with Gasteiger partial charge in [-0.1, -0.05) is 29.5 Å². The van der Waals surface area contributed by atoms with E-state index in [4.69, 9.17) is 0 Å². The molecule has 0 bridgehead atoms. The number of pyridine rings is 1. The molecule has 1 aliphatic rings. The molecule has 0 radical (unpaired) electrons. The maximum absolute atomic E-state index is 13.6. The minimum Gasteiger partial charge on any atom is -0.305 e. The van der Waals surface area contributed by atoms with Gasteiger partial charge in [0.2, 0.25) is 0 Å². The summed E-state index contributed by atoms with van der Waals surface area (Å²) in [6.45, 7) is 1.91. The van der Waals surface area contributed by atoms with Gasteiger partial charge in [0.25, 0.3) is 0 Å². The minimum atomic E-state index is -4.93. The van der Waals surface area contributed by atoms with Crippen LogP contribution in [0.25, 0.3) is 16.8 Å². The Morgan fingerprint density at radius 3 is 2.43 bits per heavy atom. The lowest BCUT2D eigenvalue weighted by Gasteiger charge is -2.33. The highest BCUT2D eigenvalue weighted by Crippen LogP contribution is 2.41. The maximum atomic E-state index is 13.6. The second kappa shape index (κ2) is 9.42. The normalized spacial score (nSPS) is 16.2. The molecular weight excluding hydrogens is 492 g/mol. The molecule has 1 unspecified atom stereocenters. The molecule has 5 nitrogen and oxygen atoms in total. The van der Waals surface area contributed by atoms with Crippen LogP contribution in [0, 0.1) is 0 Å². The van der Waals surface area contributed by atoms with Crippen molar-refractivity contribution in [3.05, 3.63) is 82.1 Å². The molecule has 0 fully saturated rings. The number of hydrogen-bond donors (Lipinski definition) is 0. The van der Waals surface area contributed by atoms with E-state index < -0.39 is 29.5 Å². The van der Waals surface area contributed by atoms with Crippen LogP contribution in [0.3, 0.4) is 0 Å². The fourth-order valence-corrected chi connectivity index (χ4v) is 4.44. The number of aromatic nitrogens is 3. The molecule has 0 saturated heterocycles. The highest BCUT2D eigenvalue weighted by atomic mass is 32.1. The number of nitrogens with zero attached hydrogens (tertiary/aromatic N) is 5. The van der Waals surface area contributed by atoms with Crippen molar-refractivity contribution in [2.24, 2.45) is 0 Å². The topological polar surface area (TPSA) is 45.2 Å². The van der Waals surface area contributed by atoms with E-state index in [1.54, 1.807) is 47.7 Å². The predicted molar refractivity (Wildman–Crippen MR) is 120 cm³/mol. The van der Waals surface area contributed by atoms with Gasteiger partial charge in [-0.15, -0.1) is 10.2 Å². The Balaban J connectivity index is 1.56. The lowest BCUT2D eigenvalue weighted by atomic mass is 9.97. The molecule has 1 atom stereocenters. The lowest BCUT2D eigenvalue weighted by molar-refractivity contribution is -0.144. The van der Waals surface area contributed by atoms with Gasteiger partial charge in [-0.2, -0.15) is 26.3 Å². The van der Waals surface area contributed by atoms with Gasteiger partial charge < -0.3 is 5.01 Å². The highest BCUT2D eigenvalue weighted by molar-refractivity contribution is 7.15. The van der Waals surface area contributed by atoms with Crippen molar-refractivity contribution in [1.82, 2.24) is 25.2 Å². The van der Waals surface area contributed by atoms with Crippen molar-refractivity contribution in [3.8, 4) is 10.7 Å². The quantitative estimate of drug-likeness (QED) is 0.368. The summed E-state index contributed by atoms with van der Waals surface area (Å²) in [5.41, 5.74) is -1.41. The van der Waals surface area contributed by atoms with Crippen molar-refractivity contribution in [1.29, 1.82) is 0 Å². The summed E-state index contributed by atoms with van der Waals surface area (Å²) in [5, 5.41) is 12.8. The number of rotatable bonds is 5. The minimum absolute atomic E-state index is 0.168. The Hall–Kier alpha value is -3.25. The third-order valence-electron chi connectivity index (χ3n) is 5.40. The fourth-order valence-electron chi connectivity index (χ4n) is 3.72. The molecule has 0 aliphatic carbocycles. The van der Waals surface area contributed by atoms with Crippen LogP contribution in [-0.2, 0) is 12.4 Å². The average molecular weight is 511 g/mol. The van der Waals surface area contributed by atoms with Crippen LogP contribution in [0.15, 0.2) is 60.4 Å². The van der Waals surface area contributed by atoms with Gasteiger partial charge in [-0.05, 0) is 48.4 Å². The molecule has 0 N–H and O–H groups in total. The van der Waals surface area contributed by atoms with Gasteiger partial charge in [-0.3, -0.25) is 4.98 Å². The third kappa shape index (κ3) is 5.54. The second-order valence-corrected chi connectivity index (χ2v) is 8.88. The lowest BCUT2D eigenvalue weighted by Crippen LogP contribution is -2.34. The van der Waals surface area contributed by atoms with Crippen molar-refractivity contribution < 1.29 is 26.3 Å². The summed E-state index contributed by atoms with van der Waals surface area (Å²) in [4.78, 5) is 4.23. The summed E-state index contributed by atoms with van der Waals surface area (Å²) >= 11 is 1.34. The van der Waals surface area contributed by atoms with E-state index in [2.05, 4.69) is 15.2 Å². The van der Waals surface area contributed by atoms with E-state index in [1.807, 2.05) is 12.1 Å². The molecule has 1 aliphatic heterocycles. The molecule has 0 saturated carbocycles. The number of alkyl halides is 6. The van der Waals surface area contributed by atoms with Crippen molar-refractivity contribution in [2.75, 3.05) is 13.6 Å².